The van der Waals surface area contributed by atoms with Crippen LogP contribution in [-0.4, -0.2) is 41.6 Å². The summed E-state index contributed by atoms with van der Waals surface area (Å²) in [5.74, 6) is 0. The van der Waals surface area contributed by atoms with Crippen LogP contribution in [-0.2, 0) is 4.84 Å². The molecule has 1 aliphatic rings. The van der Waals surface area contributed by atoms with E-state index in [1.54, 1.807) is 5.06 Å². The average molecular weight is 260 g/mol. The summed E-state index contributed by atoms with van der Waals surface area (Å²) in [5, 5.41) is 13.3. The van der Waals surface area contributed by atoms with Gasteiger partial charge in [0.2, 0.25) is 0 Å². The minimum atomic E-state index is -0.750. The van der Waals surface area contributed by atoms with Gasteiger partial charge in [-0.05, 0) is 12.2 Å². The maximum Gasteiger partial charge on any atom is 1.00 e. The zero-order valence-electron chi connectivity index (χ0n) is 8.56. The van der Waals surface area contributed by atoms with E-state index in [0.717, 1.165) is 26.2 Å². The molecular formula is C6H13N4NaO2S2. The second-order valence-corrected chi connectivity index (χ2v) is 3.21. The number of hydroxylamine groups is 2. The minimum absolute atomic E-state index is 0. The Hall–Kier alpha value is 0.300. The van der Waals surface area contributed by atoms with Crippen molar-refractivity contribution in [1.29, 1.82) is 0 Å². The number of nitrogens with two attached hydrogens (primary N) is 2. The summed E-state index contributed by atoms with van der Waals surface area (Å²) < 4.78 is 0. The topological polar surface area (TPSA) is 99.6 Å². The van der Waals surface area contributed by atoms with Gasteiger partial charge in [-0.25, -0.2) is 0 Å². The Morgan fingerprint density at radius 2 is 1.67 bits per heavy atom. The molecule has 1 fully saturated rings. The van der Waals surface area contributed by atoms with E-state index >= 15 is 0 Å². The third-order valence-corrected chi connectivity index (χ3v) is 1.37. The quantitative estimate of drug-likeness (QED) is 0.317. The molecule has 1 rings (SSSR count). The fraction of sp³-hybridized carbons (Fsp3) is 0.667. The molecule has 0 aliphatic carbocycles. The number of nitrogens with zero attached hydrogens (tertiary/aromatic N) is 1. The smallest absolute Gasteiger partial charge is 0.852 e. The Kier molecular flexibility index (Phi) is 12.7. The molecule has 0 aromatic heterocycles. The molecule has 9 heteroatoms. The molecule has 82 valence electrons. The first kappa shape index (κ1) is 17.7. The van der Waals surface area contributed by atoms with Gasteiger partial charge in [-0.1, -0.05) is 12.2 Å². The summed E-state index contributed by atoms with van der Waals surface area (Å²) in [6.45, 7) is 3.56. The predicted octanol–water partition coefficient (Wildman–Crippen LogP) is -5.34. The molecule has 0 atom stereocenters. The van der Waals surface area contributed by atoms with Gasteiger partial charge in [-0.3, -0.25) is 0 Å². The van der Waals surface area contributed by atoms with Gasteiger partial charge in [0, 0.05) is 31.4 Å². The molecule has 0 unspecified atom stereocenters. The summed E-state index contributed by atoms with van der Waals surface area (Å²) in [4.78, 5) is 4.99. The van der Waals surface area contributed by atoms with Gasteiger partial charge < -0.3 is 26.7 Å². The van der Waals surface area contributed by atoms with E-state index in [1.165, 1.54) is 0 Å². The fourth-order valence-electron chi connectivity index (χ4n) is 0.863. The molecule has 0 aromatic carbocycles. The van der Waals surface area contributed by atoms with Crippen LogP contribution in [0.5, 0.6) is 0 Å². The molecule has 1 aliphatic heterocycles. The van der Waals surface area contributed by atoms with Crippen LogP contribution in [0.3, 0.4) is 0 Å². The normalized spacial score (nSPS) is 15.2. The molecule has 5 N–H and O–H groups in total. The zero-order chi connectivity index (χ0) is 11.0. The van der Waals surface area contributed by atoms with Crippen LogP contribution in [0.4, 0.5) is 0 Å². The van der Waals surface area contributed by atoms with Crippen LogP contribution in [0.1, 0.15) is 0 Å². The number of piperazine rings is 1. The Balaban J connectivity index is 0. The number of rotatable bonds is 1. The molecule has 1 saturated heterocycles. The third kappa shape index (κ3) is 14.3. The number of hydrogen-bond donors (Lipinski definition) is 3. The molecule has 0 bridgehead atoms. The van der Waals surface area contributed by atoms with E-state index in [2.05, 4.69) is 35.5 Å². The van der Waals surface area contributed by atoms with E-state index < -0.39 is 5.17 Å². The van der Waals surface area contributed by atoms with Crippen LogP contribution in [0.15, 0.2) is 0 Å². The Morgan fingerprint density at radius 3 is 2.00 bits per heavy atom. The van der Waals surface area contributed by atoms with E-state index in [4.69, 9.17) is 15.7 Å². The Morgan fingerprint density at radius 1 is 1.27 bits per heavy atom. The van der Waals surface area contributed by atoms with Crippen LogP contribution >= 0.6 is 24.4 Å². The first-order valence-electron chi connectivity index (χ1n) is 3.92. The molecule has 0 aromatic rings. The summed E-state index contributed by atoms with van der Waals surface area (Å²) in [5.41, 5.74) is 9.46. The van der Waals surface area contributed by atoms with Gasteiger partial charge in [-0.15, -0.1) is 5.06 Å². The maximum absolute atomic E-state index is 9.04. The maximum atomic E-state index is 9.04. The summed E-state index contributed by atoms with van der Waals surface area (Å²) in [6, 6.07) is 0. The third-order valence-electron chi connectivity index (χ3n) is 1.30. The zero-order valence-corrected chi connectivity index (χ0v) is 12.2. The first-order valence-corrected chi connectivity index (χ1v) is 4.73. The van der Waals surface area contributed by atoms with Gasteiger partial charge in [0.1, 0.15) is 0 Å². The Labute approximate surface area is 122 Å². The molecule has 0 spiro atoms. The summed E-state index contributed by atoms with van der Waals surface area (Å²) in [7, 11) is 0. The molecular weight excluding hydrogens is 247 g/mol. The standard InChI is InChI=1S/C5H11N3OS.CH3NOS.Na/c6-5(10)9-8-3-1-7-2-4-8;2-1(3)4;/h7H,1-4H2,(H2,6,10);(H3,2,3,4);/q;;+1/p-1. The average Bonchev–Trinajstić information content (AvgIpc) is 2.03. The predicted molar refractivity (Wildman–Crippen MR) is 59.1 cm³/mol. The van der Waals surface area contributed by atoms with E-state index in [1.807, 2.05) is 0 Å². The minimum Gasteiger partial charge on any atom is -0.852 e. The van der Waals surface area contributed by atoms with Crippen molar-refractivity contribution in [2.45, 2.75) is 0 Å². The van der Waals surface area contributed by atoms with Gasteiger partial charge >= 0.3 is 29.6 Å². The van der Waals surface area contributed by atoms with E-state index in [-0.39, 0.29) is 34.7 Å². The molecule has 0 saturated carbocycles. The van der Waals surface area contributed by atoms with E-state index in [0.29, 0.717) is 0 Å². The van der Waals surface area contributed by atoms with Crippen LogP contribution in [0, 0.1) is 0 Å². The van der Waals surface area contributed by atoms with Crippen molar-refractivity contribution in [3.8, 4) is 0 Å². The molecule has 0 amide bonds. The van der Waals surface area contributed by atoms with Crippen LogP contribution < -0.4 is 51.4 Å². The molecule has 6 nitrogen and oxygen atoms in total. The van der Waals surface area contributed by atoms with Crippen molar-refractivity contribution < 1.29 is 39.5 Å². The monoisotopic (exact) mass is 260 g/mol. The van der Waals surface area contributed by atoms with Crippen LogP contribution in [0.25, 0.3) is 0 Å². The van der Waals surface area contributed by atoms with Crippen molar-refractivity contribution in [1.82, 2.24) is 10.4 Å². The van der Waals surface area contributed by atoms with Crippen molar-refractivity contribution in [2.24, 2.45) is 11.5 Å². The largest absolute Gasteiger partial charge is 1.00 e. The van der Waals surface area contributed by atoms with E-state index in [9.17, 15) is 0 Å². The van der Waals surface area contributed by atoms with Crippen LogP contribution in [0.2, 0.25) is 0 Å². The molecule has 1 heterocycles. The van der Waals surface area contributed by atoms with Crippen molar-refractivity contribution >= 4 is 34.8 Å². The fourth-order valence-corrected chi connectivity index (χ4v) is 0.968. The second-order valence-electron chi connectivity index (χ2n) is 2.41. The van der Waals surface area contributed by atoms with Gasteiger partial charge in [-0.2, -0.15) is 0 Å². The SMILES string of the molecule is NC(=S)ON1CCNCC1.NC([O-])=S.[Na+]. The van der Waals surface area contributed by atoms with Crippen molar-refractivity contribution in [3.63, 3.8) is 0 Å². The summed E-state index contributed by atoms with van der Waals surface area (Å²) in [6.07, 6.45) is 0. The first-order chi connectivity index (χ1) is 6.52. The van der Waals surface area contributed by atoms with Gasteiger partial charge in [0.15, 0.2) is 0 Å². The van der Waals surface area contributed by atoms with Crippen molar-refractivity contribution in [3.05, 3.63) is 0 Å². The van der Waals surface area contributed by atoms with Gasteiger partial charge in [0.25, 0.3) is 5.17 Å². The van der Waals surface area contributed by atoms with Gasteiger partial charge in [0.05, 0.1) is 0 Å². The molecule has 15 heavy (non-hydrogen) atoms. The number of hydrogen-bond acceptors (Lipinski definition) is 6. The second kappa shape index (κ2) is 10.8. The summed E-state index contributed by atoms with van der Waals surface area (Å²) >= 11 is 8.33. The molecule has 0 radical (unpaired) electrons. The number of thiocarbonyl (C=S) groups is 2. The number of nitrogens with one attached hydrogen (secondary N) is 1. The van der Waals surface area contributed by atoms with Crippen molar-refractivity contribution in [2.75, 3.05) is 26.2 Å². The Bertz CT molecular complexity index is 198.